The van der Waals surface area contributed by atoms with Gasteiger partial charge in [-0.1, -0.05) is 6.07 Å². The Labute approximate surface area is 130 Å². The Bertz CT molecular complexity index is 844. The lowest BCUT2D eigenvalue weighted by Crippen LogP contribution is -2.07. The molecule has 3 aromatic rings. The summed E-state index contributed by atoms with van der Waals surface area (Å²) in [6.45, 7) is 1.92. The van der Waals surface area contributed by atoms with Crippen LogP contribution in [0.2, 0.25) is 0 Å². The number of H-pyrrole nitrogens is 1. The van der Waals surface area contributed by atoms with Crippen LogP contribution in [-0.2, 0) is 0 Å². The summed E-state index contributed by atoms with van der Waals surface area (Å²) in [4.78, 5) is 23.3. The summed E-state index contributed by atoms with van der Waals surface area (Å²) in [5.41, 5.74) is 3.84. The maximum Gasteiger partial charge on any atom is 0.249 e. The maximum absolute atomic E-state index is 11.9. The minimum Gasteiger partial charge on any atom is -0.321 e. The van der Waals surface area contributed by atoms with Crippen LogP contribution in [0, 0.1) is 6.92 Å². The first-order valence-electron chi connectivity index (χ1n) is 6.42. The summed E-state index contributed by atoms with van der Waals surface area (Å²) in [6, 6.07) is 11.1. The first-order chi connectivity index (χ1) is 10.1. The van der Waals surface area contributed by atoms with Crippen LogP contribution in [0.3, 0.4) is 0 Å². The molecule has 0 aliphatic rings. The number of nitrogens with one attached hydrogen (secondary N) is 1. The average Bonchev–Trinajstić information content (AvgIpc) is 2.50. The van der Waals surface area contributed by atoms with E-state index in [4.69, 9.17) is 0 Å². The molecule has 0 bridgehead atoms. The molecule has 0 radical (unpaired) electrons. The Hall–Kier alpha value is -2.27. The lowest BCUT2D eigenvalue weighted by atomic mass is 10.1. The molecule has 0 fully saturated rings. The Balaban J connectivity index is 2.19. The highest BCUT2D eigenvalue weighted by Crippen LogP contribution is 2.27. The van der Waals surface area contributed by atoms with Gasteiger partial charge in [-0.05, 0) is 52.7 Å². The van der Waals surface area contributed by atoms with Gasteiger partial charge in [0.05, 0.1) is 5.69 Å². The zero-order valence-corrected chi connectivity index (χ0v) is 12.9. The van der Waals surface area contributed by atoms with Crippen molar-refractivity contribution in [2.75, 3.05) is 0 Å². The van der Waals surface area contributed by atoms with Gasteiger partial charge in [-0.3, -0.25) is 14.8 Å². The van der Waals surface area contributed by atoms with E-state index < -0.39 is 0 Å². The van der Waals surface area contributed by atoms with Crippen LogP contribution < -0.4 is 5.56 Å². The second-order valence-corrected chi connectivity index (χ2v) is 5.53. The molecule has 0 saturated carbocycles. The van der Waals surface area contributed by atoms with Gasteiger partial charge >= 0.3 is 0 Å². The van der Waals surface area contributed by atoms with Crippen molar-refractivity contribution in [3.63, 3.8) is 0 Å². The molecule has 0 saturated heterocycles. The van der Waals surface area contributed by atoms with Crippen LogP contribution in [0.1, 0.15) is 5.69 Å². The maximum atomic E-state index is 11.9. The molecule has 0 unspecified atom stereocenters. The van der Waals surface area contributed by atoms with Crippen molar-refractivity contribution < 1.29 is 0 Å². The van der Waals surface area contributed by atoms with Crippen molar-refractivity contribution in [1.29, 1.82) is 0 Å². The van der Waals surface area contributed by atoms with Crippen molar-refractivity contribution in [3.05, 3.63) is 69.3 Å². The Morgan fingerprint density at radius 2 is 2.00 bits per heavy atom. The highest BCUT2D eigenvalue weighted by molar-refractivity contribution is 9.10. The fourth-order valence-corrected chi connectivity index (χ4v) is 2.53. The number of aryl methyl sites for hydroxylation is 1. The monoisotopic (exact) mass is 341 g/mol. The van der Waals surface area contributed by atoms with Gasteiger partial charge in [0.2, 0.25) is 5.56 Å². The Kier molecular flexibility index (Phi) is 3.66. The quantitative estimate of drug-likeness (QED) is 0.775. The fraction of sp³-hybridized carbons (Fsp3) is 0.0625. The summed E-state index contributed by atoms with van der Waals surface area (Å²) >= 11 is 3.48. The molecule has 5 heteroatoms. The average molecular weight is 342 g/mol. The van der Waals surface area contributed by atoms with E-state index in [-0.39, 0.29) is 5.56 Å². The van der Waals surface area contributed by atoms with Crippen molar-refractivity contribution in [1.82, 2.24) is 15.0 Å². The zero-order chi connectivity index (χ0) is 14.8. The molecule has 3 heterocycles. The molecule has 3 aromatic heterocycles. The first-order valence-corrected chi connectivity index (χ1v) is 7.21. The molecule has 21 heavy (non-hydrogen) atoms. The van der Waals surface area contributed by atoms with E-state index in [1.807, 2.05) is 37.3 Å². The Morgan fingerprint density at radius 3 is 2.76 bits per heavy atom. The van der Waals surface area contributed by atoms with E-state index in [1.165, 1.54) is 0 Å². The van der Waals surface area contributed by atoms with Crippen LogP contribution in [-0.4, -0.2) is 15.0 Å². The largest absolute Gasteiger partial charge is 0.321 e. The van der Waals surface area contributed by atoms with Crippen molar-refractivity contribution >= 4 is 15.9 Å². The van der Waals surface area contributed by atoms with Crippen molar-refractivity contribution in [3.8, 4) is 22.5 Å². The van der Waals surface area contributed by atoms with Gasteiger partial charge in [0.15, 0.2) is 0 Å². The number of aromatic amines is 1. The van der Waals surface area contributed by atoms with Gasteiger partial charge < -0.3 is 4.98 Å². The van der Waals surface area contributed by atoms with Gasteiger partial charge in [-0.15, -0.1) is 0 Å². The van der Waals surface area contributed by atoms with Crippen molar-refractivity contribution in [2.24, 2.45) is 0 Å². The topological polar surface area (TPSA) is 58.6 Å². The minimum absolute atomic E-state index is 0.165. The van der Waals surface area contributed by atoms with Crippen molar-refractivity contribution in [2.45, 2.75) is 6.92 Å². The third-order valence-electron chi connectivity index (χ3n) is 3.08. The van der Waals surface area contributed by atoms with Gasteiger partial charge in [0.25, 0.3) is 0 Å². The van der Waals surface area contributed by atoms with E-state index in [9.17, 15) is 4.79 Å². The van der Waals surface area contributed by atoms with E-state index in [0.717, 1.165) is 27.0 Å². The van der Waals surface area contributed by atoms with Gasteiger partial charge in [0, 0.05) is 34.2 Å². The molecule has 1 N–H and O–H groups in total. The van der Waals surface area contributed by atoms with E-state index in [2.05, 4.69) is 30.9 Å². The first kappa shape index (κ1) is 13.7. The SMILES string of the molecule is Cc1ccc(Br)c(-c2cc(-c3cccnc3)cc(=O)[nH]2)n1. The number of aromatic nitrogens is 3. The molecule has 0 amide bonds. The molecule has 0 aromatic carbocycles. The molecule has 0 aliphatic heterocycles. The van der Waals surface area contributed by atoms with E-state index in [0.29, 0.717) is 5.69 Å². The number of hydrogen-bond acceptors (Lipinski definition) is 3. The third-order valence-corrected chi connectivity index (χ3v) is 3.72. The van der Waals surface area contributed by atoms with Crippen LogP contribution in [0.5, 0.6) is 0 Å². The smallest absolute Gasteiger partial charge is 0.249 e. The highest BCUT2D eigenvalue weighted by atomic mass is 79.9. The number of pyridine rings is 3. The predicted molar refractivity (Wildman–Crippen MR) is 86.0 cm³/mol. The normalized spacial score (nSPS) is 10.6. The number of rotatable bonds is 2. The second kappa shape index (κ2) is 5.61. The minimum atomic E-state index is -0.165. The van der Waals surface area contributed by atoms with Gasteiger partial charge in [-0.2, -0.15) is 0 Å². The molecule has 0 atom stereocenters. The third kappa shape index (κ3) is 2.92. The molecular formula is C16H12BrN3O. The number of halogens is 1. The van der Waals surface area contributed by atoms with Crippen LogP contribution in [0.4, 0.5) is 0 Å². The molecule has 3 rings (SSSR count). The van der Waals surface area contributed by atoms with Crippen LogP contribution >= 0.6 is 15.9 Å². The van der Waals surface area contributed by atoms with E-state index >= 15 is 0 Å². The van der Waals surface area contributed by atoms with E-state index in [1.54, 1.807) is 18.5 Å². The summed E-state index contributed by atoms with van der Waals surface area (Å²) in [7, 11) is 0. The zero-order valence-electron chi connectivity index (χ0n) is 11.3. The standard InChI is InChI=1S/C16H12BrN3O/c1-10-4-5-13(17)16(19-10)14-7-12(8-15(21)20-14)11-3-2-6-18-9-11/h2-9H,1H3,(H,20,21). The van der Waals surface area contributed by atoms with Crippen LogP contribution in [0.15, 0.2) is 58.1 Å². The number of hydrogen-bond donors (Lipinski definition) is 1. The highest BCUT2D eigenvalue weighted by Gasteiger charge is 2.09. The molecule has 104 valence electrons. The molecular weight excluding hydrogens is 330 g/mol. The summed E-state index contributed by atoms with van der Waals surface area (Å²) in [5, 5.41) is 0. The lowest BCUT2D eigenvalue weighted by molar-refractivity contribution is 1.15. The molecule has 4 nitrogen and oxygen atoms in total. The number of nitrogens with zero attached hydrogens (tertiary/aromatic N) is 2. The lowest BCUT2D eigenvalue weighted by Gasteiger charge is -2.07. The predicted octanol–water partition coefficient (Wildman–Crippen LogP) is 3.57. The molecule has 0 aliphatic carbocycles. The second-order valence-electron chi connectivity index (χ2n) is 4.67. The van der Waals surface area contributed by atoms with Crippen LogP contribution in [0.25, 0.3) is 22.5 Å². The summed E-state index contributed by atoms with van der Waals surface area (Å²) in [5.74, 6) is 0. The van der Waals surface area contributed by atoms with Gasteiger partial charge in [0.1, 0.15) is 5.69 Å². The Morgan fingerprint density at radius 1 is 1.14 bits per heavy atom. The fourth-order valence-electron chi connectivity index (χ4n) is 2.10. The summed E-state index contributed by atoms with van der Waals surface area (Å²) < 4.78 is 0.840. The van der Waals surface area contributed by atoms with Gasteiger partial charge in [-0.25, -0.2) is 0 Å². The molecule has 0 spiro atoms. The summed E-state index contributed by atoms with van der Waals surface area (Å²) in [6.07, 6.45) is 3.44.